The van der Waals surface area contributed by atoms with Gasteiger partial charge in [0, 0.05) is 39.2 Å². The van der Waals surface area contributed by atoms with Crippen LogP contribution in [-0.4, -0.2) is 20.6 Å². The third-order valence-electron chi connectivity index (χ3n) is 12.5. The van der Waals surface area contributed by atoms with E-state index in [1.807, 2.05) is 12.1 Å². The minimum atomic E-state index is 0.161. The maximum atomic E-state index is 5.31. The zero-order valence-corrected chi connectivity index (χ0v) is 33.9. The molecule has 8 aromatic carbocycles. The van der Waals surface area contributed by atoms with Crippen molar-refractivity contribution >= 4 is 38.8 Å². The highest BCUT2D eigenvalue weighted by Gasteiger charge is 2.38. The van der Waals surface area contributed by atoms with Crippen LogP contribution in [0.3, 0.4) is 0 Å². The van der Waals surface area contributed by atoms with E-state index in [0.717, 1.165) is 44.3 Å². The maximum absolute atomic E-state index is 5.31. The molecule has 2 aliphatic rings. The van der Waals surface area contributed by atoms with Crippen molar-refractivity contribution in [2.45, 2.75) is 12.0 Å². The van der Waals surface area contributed by atoms with Gasteiger partial charge in [-0.15, -0.1) is 0 Å². The van der Waals surface area contributed by atoms with Crippen LogP contribution in [0.15, 0.2) is 231 Å². The summed E-state index contributed by atoms with van der Waals surface area (Å²) in [6.07, 6.45) is 7.23. The second kappa shape index (κ2) is 14.9. The van der Waals surface area contributed by atoms with E-state index in [2.05, 4.69) is 228 Å². The molecular weight excluding hydrogens is 753 g/mol. The second-order valence-corrected chi connectivity index (χ2v) is 16.2. The van der Waals surface area contributed by atoms with E-state index in [9.17, 15) is 0 Å². The summed E-state index contributed by atoms with van der Waals surface area (Å²) >= 11 is 0. The summed E-state index contributed by atoms with van der Waals surface area (Å²) in [7, 11) is 0. The molecule has 10 aromatic rings. The van der Waals surface area contributed by atoms with Crippen LogP contribution >= 0.6 is 0 Å². The summed E-state index contributed by atoms with van der Waals surface area (Å²) in [5.41, 5.74) is 17.0. The molecule has 2 unspecified atom stereocenters. The largest absolute Gasteiger partial charge is 0.333 e. The summed E-state index contributed by atoms with van der Waals surface area (Å²) in [4.78, 5) is 13.1. The Balaban J connectivity index is 1.04. The fourth-order valence-corrected chi connectivity index (χ4v) is 9.57. The van der Waals surface area contributed by atoms with Gasteiger partial charge in [-0.05, 0) is 93.6 Å². The lowest BCUT2D eigenvalue weighted by atomic mass is 9.85. The third kappa shape index (κ3) is 6.15. The highest BCUT2D eigenvalue weighted by Crippen LogP contribution is 2.50. The molecule has 0 saturated heterocycles. The van der Waals surface area contributed by atoms with Crippen molar-refractivity contribution in [2.24, 2.45) is 0 Å². The average Bonchev–Trinajstić information content (AvgIpc) is 3.86. The van der Waals surface area contributed by atoms with E-state index in [1.165, 1.54) is 50.3 Å². The Hall–Kier alpha value is -8.08. The summed E-state index contributed by atoms with van der Waals surface area (Å²) < 4.78 is 2.25. The van der Waals surface area contributed by atoms with Gasteiger partial charge >= 0.3 is 0 Å². The van der Waals surface area contributed by atoms with Gasteiger partial charge in [-0.3, -0.25) is 4.57 Å². The first-order valence-electron chi connectivity index (χ1n) is 21.3. The van der Waals surface area contributed by atoms with Crippen LogP contribution in [0.2, 0.25) is 0 Å². The van der Waals surface area contributed by atoms with Gasteiger partial charge in [0.25, 0.3) is 0 Å². The SMILES string of the molecule is C1=CC2C(C=C1c1ccc3c(c1)c1cc(-c4ccccc4)ccc1n3-c1nc(-c3ccccc3)cc(-c3ccccc3)n1)c1cc(-c3ccccc3)ccc1N2c1ccccc1. The fraction of sp³-hybridized carbons (Fsp3) is 0.0345. The van der Waals surface area contributed by atoms with E-state index < -0.39 is 0 Å². The van der Waals surface area contributed by atoms with Gasteiger partial charge in [0.2, 0.25) is 5.95 Å². The van der Waals surface area contributed by atoms with Crippen molar-refractivity contribution in [1.82, 2.24) is 14.5 Å². The lowest BCUT2D eigenvalue weighted by molar-refractivity contribution is 0.747. The van der Waals surface area contributed by atoms with Crippen molar-refractivity contribution in [2.75, 3.05) is 4.90 Å². The monoisotopic (exact) mass is 792 g/mol. The molecule has 0 fully saturated rings. The normalized spacial score (nSPS) is 15.4. The molecule has 0 amide bonds. The molecule has 3 heterocycles. The molecule has 0 N–H and O–H groups in total. The molecule has 0 radical (unpaired) electrons. The number of hydrogen-bond donors (Lipinski definition) is 0. The van der Waals surface area contributed by atoms with E-state index in [1.54, 1.807) is 0 Å². The molecule has 2 aromatic heterocycles. The van der Waals surface area contributed by atoms with Crippen molar-refractivity contribution in [3.8, 4) is 50.7 Å². The molecule has 0 spiro atoms. The van der Waals surface area contributed by atoms with Gasteiger partial charge in [-0.1, -0.05) is 176 Å². The molecule has 4 heteroatoms. The summed E-state index contributed by atoms with van der Waals surface area (Å²) in [5.74, 6) is 0.809. The Morgan fingerprint density at radius 1 is 0.403 bits per heavy atom. The lowest BCUT2D eigenvalue weighted by Crippen LogP contribution is -2.28. The van der Waals surface area contributed by atoms with E-state index in [-0.39, 0.29) is 12.0 Å². The Bertz CT molecular complexity index is 3280. The molecular formula is C58H40N4. The number of nitrogens with zero attached hydrogens (tertiary/aromatic N) is 4. The second-order valence-electron chi connectivity index (χ2n) is 16.2. The van der Waals surface area contributed by atoms with Crippen LogP contribution in [0.5, 0.6) is 0 Å². The number of fused-ring (bicyclic) bond motifs is 6. The minimum absolute atomic E-state index is 0.161. The predicted molar refractivity (Wildman–Crippen MR) is 257 cm³/mol. The van der Waals surface area contributed by atoms with Crippen molar-refractivity contribution in [1.29, 1.82) is 0 Å². The Morgan fingerprint density at radius 2 is 0.887 bits per heavy atom. The van der Waals surface area contributed by atoms with E-state index in [0.29, 0.717) is 5.95 Å². The van der Waals surface area contributed by atoms with E-state index >= 15 is 0 Å². The van der Waals surface area contributed by atoms with Crippen LogP contribution in [-0.2, 0) is 0 Å². The van der Waals surface area contributed by atoms with Crippen LogP contribution < -0.4 is 4.90 Å². The van der Waals surface area contributed by atoms with Crippen molar-refractivity contribution < 1.29 is 0 Å². The number of benzene rings is 8. The molecule has 1 aliphatic carbocycles. The van der Waals surface area contributed by atoms with Crippen molar-refractivity contribution in [3.63, 3.8) is 0 Å². The topological polar surface area (TPSA) is 34.0 Å². The number of anilines is 2. The van der Waals surface area contributed by atoms with E-state index in [4.69, 9.17) is 9.97 Å². The molecule has 1 aliphatic heterocycles. The summed E-state index contributed by atoms with van der Waals surface area (Å²) in [5, 5.41) is 2.32. The van der Waals surface area contributed by atoms with Gasteiger partial charge < -0.3 is 4.90 Å². The Kier molecular flexibility index (Phi) is 8.60. The average molecular weight is 793 g/mol. The quantitative estimate of drug-likeness (QED) is 0.161. The first-order valence-corrected chi connectivity index (χ1v) is 21.3. The number of allylic oxidation sites excluding steroid dienone is 2. The Labute approximate surface area is 361 Å². The molecule has 0 bridgehead atoms. The zero-order chi connectivity index (χ0) is 41.0. The predicted octanol–water partition coefficient (Wildman–Crippen LogP) is 14.5. The molecule has 2 atom stereocenters. The van der Waals surface area contributed by atoms with Crippen molar-refractivity contribution in [3.05, 3.63) is 242 Å². The van der Waals surface area contributed by atoms with Gasteiger partial charge in [-0.2, -0.15) is 0 Å². The molecule has 12 rings (SSSR count). The van der Waals surface area contributed by atoms with Crippen LogP contribution in [0.25, 0.3) is 78.1 Å². The standard InChI is InChI=1S/C58H40N4/c1-6-16-39(17-7-1)43-26-30-54-48(34-43)49-36-45(28-31-55(49)61(54)47-24-14-5-15-25-47)46-29-33-57-51(37-46)50-35-44(40-18-8-2-9-19-40)27-32-56(50)62(57)58-59-52(41-20-10-3-11-21-41)38-53(60-58)42-22-12-4-13-23-42/h1-38,49,55H. The number of rotatable bonds is 7. The van der Waals surface area contributed by atoms with Gasteiger partial charge in [0.05, 0.1) is 28.5 Å². The smallest absolute Gasteiger partial charge is 0.235 e. The summed E-state index contributed by atoms with van der Waals surface area (Å²) in [6, 6.07) is 75.9. The minimum Gasteiger partial charge on any atom is -0.333 e. The highest BCUT2D eigenvalue weighted by molar-refractivity contribution is 6.11. The first-order chi connectivity index (χ1) is 30.7. The maximum Gasteiger partial charge on any atom is 0.235 e. The zero-order valence-electron chi connectivity index (χ0n) is 33.9. The lowest BCUT2D eigenvalue weighted by Gasteiger charge is -2.29. The highest BCUT2D eigenvalue weighted by atomic mass is 15.2. The molecule has 4 nitrogen and oxygen atoms in total. The number of para-hydroxylation sites is 1. The van der Waals surface area contributed by atoms with Crippen LogP contribution in [0, 0.1) is 0 Å². The Morgan fingerprint density at radius 3 is 1.47 bits per heavy atom. The van der Waals surface area contributed by atoms with Crippen LogP contribution in [0.1, 0.15) is 17.0 Å². The molecule has 292 valence electrons. The van der Waals surface area contributed by atoms with Gasteiger partial charge in [0.15, 0.2) is 0 Å². The first kappa shape index (κ1) is 35.8. The molecule has 0 saturated carbocycles. The third-order valence-corrected chi connectivity index (χ3v) is 12.5. The van der Waals surface area contributed by atoms with Gasteiger partial charge in [0.1, 0.15) is 0 Å². The molecule has 62 heavy (non-hydrogen) atoms. The fourth-order valence-electron chi connectivity index (χ4n) is 9.57. The van der Waals surface area contributed by atoms with Crippen LogP contribution in [0.4, 0.5) is 11.4 Å². The number of hydrogen-bond acceptors (Lipinski definition) is 3. The summed E-state index contributed by atoms with van der Waals surface area (Å²) in [6.45, 7) is 0. The number of aromatic nitrogens is 3. The van der Waals surface area contributed by atoms with Gasteiger partial charge in [-0.25, -0.2) is 9.97 Å².